The van der Waals surface area contributed by atoms with Gasteiger partial charge in [-0.2, -0.15) is 0 Å². The summed E-state index contributed by atoms with van der Waals surface area (Å²) in [6.45, 7) is 3.55. The average molecular weight is 451 g/mol. The predicted octanol–water partition coefficient (Wildman–Crippen LogP) is 2.28. The molecule has 172 valence electrons. The van der Waals surface area contributed by atoms with Crippen LogP contribution < -0.4 is 15.8 Å². The zero-order valence-electron chi connectivity index (χ0n) is 18.6. The van der Waals surface area contributed by atoms with Gasteiger partial charge in [-0.1, -0.05) is 12.1 Å². The largest absolute Gasteiger partial charge is 0.354 e. The first-order valence-corrected chi connectivity index (χ1v) is 11.4. The van der Waals surface area contributed by atoms with Crippen molar-refractivity contribution in [2.45, 2.75) is 31.2 Å². The molecule has 8 nitrogen and oxygen atoms in total. The number of fused-ring (bicyclic) bond motifs is 1. The van der Waals surface area contributed by atoms with E-state index in [4.69, 9.17) is 0 Å². The Kier molecular flexibility index (Phi) is 5.80. The van der Waals surface area contributed by atoms with E-state index >= 15 is 0 Å². The van der Waals surface area contributed by atoms with Crippen LogP contribution in [0.15, 0.2) is 41.5 Å². The van der Waals surface area contributed by atoms with Gasteiger partial charge in [0.25, 0.3) is 11.5 Å². The van der Waals surface area contributed by atoms with Gasteiger partial charge >= 0.3 is 0 Å². The van der Waals surface area contributed by atoms with E-state index in [1.807, 2.05) is 6.07 Å². The first-order chi connectivity index (χ1) is 16.0. The summed E-state index contributed by atoms with van der Waals surface area (Å²) in [7, 11) is 1.57. The second kappa shape index (κ2) is 8.90. The number of nitrogens with one attached hydrogen (secondary N) is 2. The highest BCUT2D eigenvalue weighted by Crippen LogP contribution is 2.37. The van der Waals surface area contributed by atoms with E-state index in [0.29, 0.717) is 17.1 Å². The maximum absolute atomic E-state index is 14.0. The Morgan fingerprint density at radius 2 is 1.97 bits per heavy atom. The molecular formula is C24H27FN6O2. The fourth-order valence-corrected chi connectivity index (χ4v) is 5.14. The molecule has 0 bridgehead atoms. The number of H-pyrrole nitrogens is 1. The van der Waals surface area contributed by atoms with Gasteiger partial charge < -0.3 is 15.2 Å². The molecule has 2 atom stereocenters. The Balaban J connectivity index is 1.21. The third-order valence-corrected chi connectivity index (χ3v) is 6.94. The number of nitrogens with zero attached hydrogens (tertiary/aromatic N) is 4. The van der Waals surface area contributed by atoms with Crippen LogP contribution in [0.5, 0.6) is 0 Å². The molecule has 1 aromatic carbocycles. The highest BCUT2D eigenvalue weighted by Gasteiger charge is 2.33. The Morgan fingerprint density at radius 1 is 1.15 bits per heavy atom. The average Bonchev–Trinajstić information content (AvgIpc) is 3.34. The standard InChI is InChI=1S/C24H27FN6O2/c1-26-23(32)20-13-28-21(14-27-20)31-9-7-30(8-10-31)17-6-5-15(11-17)19-12-16-3-2-4-18(25)22(16)24(33)29-19/h2-4,12-15,17H,5-11H2,1H3,(H,26,32)(H,29,33)/t15?,17-/m1/s1. The lowest BCUT2D eigenvalue weighted by Crippen LogP contribution is -2.50. The van der Waals surface area contributed by atoms with Gasteiger partial charge in [0, 0.05) is 50.9 Å². The number of hydrogen-bond donors (Lipinski definition) is 2. The summed E-state index contributed by atoms with van der Waals surface area (Å²) >= 11 is 0. The van der Waals surface area contributed by atoms with E-state index in [9.17, 15) is 14.0 Å². The van der Waals surface area contributed by atoms with E-state index < -0.39 is 5.82 Å². The van der Waals surface area contributed by atoms with E-state index in [2.05, 4.69) is 30.1 Å². The summed E-state index contributed by atoms with van der Waals surface area (Å²) in [5.74, 6) is 0.340. The summed E-state index contributed by atoms with van der Waals surface area (Å²) in [6, 6.07) is 7.17. The molecule has 2 N–H and O–H groups in total. The van der Waals surface area contributed by atoms with Gasteiger partial charge in [-0.05, 0) is 36.8 Å². The number of pyridine rings is 1. The molecule has 1 saturated heterocycles. The Morgan fingerprint density at radius 3 is 2.70 bits per heavy atom. The molecule has 0 spiro atoms. The number of anilines is 1. The lowest BCUT2D eigenvalue weighted by Gasteiger charge is -2.38. The fourth-order valence-electron chi connectivity index (χ4n) is 5.14. The molecule has 1 amide bonds. The van der Waals surface area contributed by atoms with Gasteiger partial charge in [0.15, 0.2) is 0 Å². The number of amides is 1. The third-order valence-electron chi connectivity index (χ3n) is 6.94. The minimum absolute atomic E-state index is 0.137. The van der Waals surface area contributed by atoms with Crippen LogP contribution in [0.1, 0.15) is 41.4 Å². The van der Waals surface area contributed by atoms with Gasteiger partial charge in [-0.25, -0.2) is 14.4 Å². The molecule has 2 aliphatic rings. The van der Waals surface area contributed by atoms with Gasteiger partial charge in [-0.15, -0.1) is 0 Å². The SMILES string of the molecule is CNC(=O)c1cnc(N2CCN([C@@H]3CCC(c4cc5cccc(F)c5c(=O)[nH]4)C3)CC2)cn1. The number of halogens is 1. The van der Waals surface area contributed by atoms with Crippen molar-refractivity contribution < 1.29 is 9.18 Å². The van der Waals surface area contributed by atoms with Crippen LogP contribution >= 0.6 is 0 Å². The van der Waals surface area contributed by atoms with Crippen LogP contribution in [0.25, 0.3) is 10.8 Å². The molecule has 3 heterocycles. The van der Waals surface area contributed by atoms with Crippen molar-refractivity contribution in [3.63, 3.8) is 0 Å². The molecule has 1 unspecified atom stereocenters. The van der Waals surface area contributed by atoms with Crippen LogP contribution in [-0.4, -0.2) is 65.0 Å². The van der Waals surface area contributed by atoms with Gasteiger partial charge in [0.1, 0.15) is 17.3 Å². The second-order valence-corrected chi connectivity index (χ2v) is 8.78. The van der Waals surface area contributed by atoms with Crippen molar-refractivity contribution in [1.82, 2.24) is 25.2 Å². The quantitative estimate of drug-likeness (QED) is 0.633. The number of carbonyl (C=O) groups is 1. The van der Waals surface area contributed by atoms with Crippen molar-refractivity contribution in [2.75, 3.05) is 38.1 Å². The third kappa shape index (κ3) is 4.20. The monoisotopic (exact) mass is 450 g/mol. The normalized spacial score (nSPS) is 21.5. The van der Waals surface area contributed by atoms with Gasteiger partial charge in [-0.3, -0.25) is 14.5 Å². The predicted molar refractivity (Wildman–Crippen MR) is 124 cm³/mol. The minimum atomic E-state index is -0.476. The summed E-state index contributed by atoms with van der Waals surface area (Å²) in [5.41, 5.74) is 0.873. The molecular weight excluding hydrogens is 423 g/mol. The lowest BCUT2D eigenvalue weighted by molar-refractivity contribution is 0.0957. The number of hydrogen-bond acceptors (Lipinski definition) is 6. The number of carbonyl (C=O) groups excluding carboxylic acids is 1. The second-order valence-electron chi connectivity index (χ2n) is 8.78. The Hall–Kier alpha value is -3.33. The van der Waals surface area contributed by atoms with Crippen LogP contribution in [0.2, 0.25) is 0 Å². The van der Waals surface area contributed by atoms with Crippen LogP contribution in [0.4, 0.5) is 10.2 Å². The fraction of sp³-hybridized carbons (Fsp3) is 0.417. The summed E-state index contributed by atoms with van der Waals surface area (Å²) in [4.78, 5) is 40.4. The molecule has 3 aromatic rings. The van der Waals surface area contributed by atoms with E-state index in [1.165, 1.54) is 12.3 Å². The van der Waals surface area contributed by atoms with Crippen molar-refractivity contribution in [3.05, 3.63) is 64.2 Å². The molecule has 1 aliphatic heterocycles. The maximum Gasteiger partial charge on any atom is 0.271 e. The molecule has 5 rings (SSSR count). The molecule has 33 heavy (non-hydrogen) atoms. The highest BCUT2D eigenvalue weighted by molar-refractivity contribution is 5.91. The van der Waals surface area contributed by atoms with Crippen molar-refractivity contribution in [2.24, 2.45) is 0 Å². The van der Waals surface area contributed by atoms with Crippen LogP contribution in [0, 0.1) is 5.82 Å². The van der Waals surface area contributed by atoms with Crippen molar-refractivity contribution in [1.29, 1.82) is 0 Å². The molecule has 2 aromatic heterocycles. The van der Waals surface area contributed by atoms with E-state index in [0.717, 1.165) is 57.0 Å². The minimum Gasteiger partial charge on any atom is -0.354 e. The maximum atomic E-state index is 14.0. The Labute approximate surface area is 190 Å². The Bertz CT molecular complexity index is 1220. The zero-order valence-corrected chi connectivity index (χ0v) is 18.6. The van der Waals surface area contributed by atoms with E-state index in [1.54, 1.807) is 25.4 Å². The topological polar surface area (TPSA) is 94.2 Å². The molecule has 2 fully saturated rings. The molecule has 1 saturated carbocycles. The summed E-state index contributed by atoms with van der Waals surface area (Å²) in [5, 5.41) is 3.35. The highest BCUT2D eigenvalue weighted by atomic mass is 19.1. The summed E-state index contributed by atoms with van der Waals surface area (Å²) < 4.78 is 14.0. The molecule has 9 heteroatoms. The van der Waals surface area contributed by atoms with Crippen LogP contribution in [0.3, 0.4) is 0 Å². The summed E-state index contributed by atoms with van der Waals surface area (Å²) in [6.07, 6.45) is 6.24. The van der Waals surface area contributed by atoms with Crippen molar-refractivity contribution >= 4 is 22.5 Å². The number of benzene rings is 1. The first-order valence-electron chi connectivity index (χ1n) is 11.4. The zero-order chi connectivity index (χ0) is 22.9. The number of aromatic nitrogens is 3. The number of piperazine rings is 1. The number of rotatable bonds is 4. The van der Waals surface area contributed by atoms with Gasteiger partial charge in [0.2, 0.25) is 0 Å². The van der Waals surface area contributed by atoms with E-state index in [-0.39, 0.29) is 22.8 Å². The first kappa shape index (κ1) is 21.5. The smallest absolute Gasteiger partial charge is 0.271 e. The molecule has 0 radical (unpaired) electrons. The lowest BCUT2D eigenvalue weighted by atomic mass is 10.00. The van der Waals surface area contributed by atoms with Crippen LogP contribution in [-0.2, 0) is 0 Å². The van der Waals surface area contributed by atoms with Crippen molar-refractivity contribution in [3.8, 4) is 0 Å². The number of aromatic amines is 1. The van der Waals surface area contributed by atoms with Gasteiger partial charge in [0.05, 0.1) is 17.8 Å². The molecule has 1 aliphatic carbocycles.